The second kappa shape index (κ2) is 10.4. The number of para-hydroxylation sites is 1. The smallest absolute Gasteiger partial charge is 0.232 e. The number of morpholine rings is 1. The van der Waals surface area contributed by atoms with Crippen molar-refractivity contribution in [3.8, 4) is 17.2 Å². The molecule has 7 nitrogen and oxygen atoms in total. The summed E-state index contributed by atoms with van der Waals surface area (Å²) in [6.45, 7) is 3.73. The summed E-state index contributed by atoms with van der Waals surface area (Å²) in [4.78, 5) is 2.24. The normalized spacial score (nSPS) is 14.0. The molecule has 1 saturated heterocycles. The Bertz CT molecular complexity index is 912. The van der Waals surface area contributed by atoms with Gasteiger partial charge in [0.1, 0.15) is 11.5 Å². The largest absolute Gasteiger partial charge is 0.497 e. The summed E-state index contributed by atoms with van der Waals surface area (Å²) in [7, 11) is 1.66. The number of methoxy groups -OCH3 is 1. The van der Waals surface area contributed by atoms with E-state index >= 15 is 0 Å². The Morgan fingerprint density at radius 2 is 1.70 bits per heavy atom. The molecular formula is C22H26N4O3S. The highest BCUT2D eigenvalue weighted by atomic mass is 32.2. The van der Waals surface area contributed by atoms with Crippen LogP contribution in [0.3, 0.4) is 0 Å². The van der Waals surface area contributed by atoms with Gasteiger partial charge in [-0.3, -0.25) is 4.57 Å². The number of anilines is 1. The van der Waals surface area contributed by atoms with Crippen LogP contribution < -0.4 is 14.4 Å². The van der Waals surface area contributed by atoms with Crippen molar-refractivity contribution in [3.63, 3.8) is 0 Å². The van der Waals surface area contributed by atoms with Crippen LogP contribution in [-0.4, -0.2) is 60.5 Å². The molecule has 8 heteroatoms. The van der Waals surface area contributed by atoms with E-state index in [0.717, 1.165) is 53.6 Å². The van der Waals surface area contributed by atoms with E-state index in [4.69, 9.17) is 14.2 Å². The Kier molecular flexibility index (Phi) is 7.10. The molecule has 0 amide bonds. The number of hydrogen-bond acceptors (Lipinski definition) is 7. The van der Waals surface area contributed by atoms with Crippen molar-refractivity contribution in [2.24, 2.45) is 0 Å². The SMILES string of the molecule is COc1ccc(OCCCSc2nnc(N3CCOCC3)n2-c2ccccc2)cc1. The third-order valence-electron chi connectivity index (χ3n) is 4.77. The third-order valence-corrected chi connectivity index (χ3v) is 5.79. The van der Waals surface area contributed by atoms with Gasteiger partial charge in [-0.2, -0.15) is 0 Å². The summed E-state index contributed by atoms with van der Waals surface area (Å²) in [5.41, 5.74) is 1.07. The van der Waals surface area contributed by atoms with E-state index in [1.165, 1.54) is 0 Å². The maximum absolute atomic E-state index is 5.82. The van der Waals surface area contributed by atoms with Gasteiger partial charge < -0.3 is 19.1 Å². The minimum absolute atomic E-state index is 0.648. The van der Waals surface area contributed by atoms with Gasteiger partial charge in [-0.05, 0) is 42.8 Å². The molecule has 2 heterocycles. The number of thioether (sulfide) groups is 1. The molecule has 1 fully saturated rings. The first-order valence-electron chi connectivity index (χ1n) is 10.1. The summed E-state index contributed by atoms with van der Waals surface area (Å²) in [5.74, 6) is 3.45. The standard InChI is InChI=1S/C22H26N4O3S/c1-27-19-8-10-20(11-9-19)29-14-5-17-30-22-24-23-21(25-12-15-28-16-13-25)26(22)18-6-3-2-4-7-18/h2-4,6-11H,5,12-17H2,1H3. The zero-order valence-corrected chi connectivity index (χ0v) is 17.9. The number of ether oxygens (including phenoxy) is 3. The van der Waals surface area contributed by atoms with Gasteiger partial charge in [-0.25, -0.2) is 0 Å². The molecule has 0 N–H and O–H groups in total. The van der Waals surface area contributed by atoms with Crippen LogP contribution in [0.1, 0.15) is 6.42 Å². The number of hydrogen-bond donors (Lipinski definition) is 0. The van der Waals surface area contributed by atoms with Crippen LogP contribution in [0.5, 0.6) is 11.5 Å². The molecule has 0 bridgehead atoms. The molecule has 158 valence electrons. The van der Waals surface area contributed by atoms with Crippen molar-refractivity contribution in [1.29, 1.82) is 0 Å². The van der Waals surface area contributed by atoms with E-state index in [1.807, 2.05) is 42.5 Å². The molecule has 1 aromatic heterocycles. The number of nitrogens with zero attached hydrogens (tertiary/aromatic N) is 4. The summed E-state index contributed by atoms with van der Waals surface area (Å²) in [6, 6.07) is 17.9. The average Bonchev–Trinajstić information content (AvgIpc) is 3.24. The minimum atomic E-state index is 0.648. The first kappa shape index (κ1) is 20.6. The predicted molar refractivity (Wildman–Crippen MR) is 118 cm³/mol. The second-order valence-corrected chi connectivity index (χ2v) is 7.84. The molecule has 1 aliphatic heterocycles. The molecule has 0 atom stereocenters. The first-order valence-corrected chi connectivity index (χ1v) is 11.1. The maximum Gasteiger partial charge on any atom is 0.232 e. The third kappa shape index (κ3) is 5.06. The topological polar surface area (TPSA) is 61.6 Å². The predicted octanol–water partition coefficient (Wildman–Crippen LogP) is 3.67. The maximum atomic E-state index is 5.82. The lowest BCUT2D eigenvalue weighted by atomic mass is 10.3. The van der Waals surface area contributed by atoms with Gasteiger partial charge in [0, 0.05) is 18.8 Å². The highest BCUT2D eigenvalue weighted by Crippen LogP contribution is 2.27. The van der Waals surface area contributed by atoms with E-state index in [0.29, 0.717) is 19.8 Å². The summed E-state index contributed by atoms with van der Waals surface area (Å²) < 4.78 is 18.6. The lowest BCUT2D eigenvalue weighted by molar-refractivity contribution is 0.122. The zero-order valence-electron chi connectivity index (χ0n) is 17.1. The van der Waals surface area contributed by atoms with Crippen LogP contribution in [0.4, 0.5) is 5.95 Å². The van der Waals surface area contributed by atoms with Gasteiger partial charge in [0.05, 0.1) is 32.6 Å². The van der Waals surface area contributed by atoms with Crippen LogP contribution in [0.25, 0.3) is 5.69 Å². The van der Waals surface area contributed by atoms with Crippen LogP contribution in [-0.2, 0) is 4.74 Å². The zero-order chi connectivity index (χ0) is 20.6. The van der Waals surface area contributed by atoms with Crippen LogP contribution in [0, 0.1) is 0 Å². The number of benzene rings is 2. The van der Waals surface area contributed by atoms with Crippen molar-refractivity contribution < 1.29 is 14.2 Å². The van der Waals surface area contributed by atoms with Crippen molar-refractivity contribution >= 4 is 17.7 Å². The fourth-order valence-corrected chi connectivity index (χ4v) is 4.07. The Morgan fingerprint density at radius 3 is 2.43 bits per heavy atom. The quantitative estimate of drug-likeness (QED) is 0.382. The molecule has 0 aliphatic carbocycles. The second-order valence-electron chi connectivity index (χ2n) is 6.78. The van der Waals surface area contributed by atoms with Crippen LogP contribution in [0.2, 0.25) is 0 Å². The molecule has 1 aliphatic rings. The Hall–Kier alpha value is -2.71. The Balaban J connectivity index is 1.37. The molecule has 3 aromatic rings. The molecule has 30 heavy (non-hydrogen) atoms. The van der Waals surface area contributed by atoms with Gasteiger partial charge in [-0.15, -0.1) is 10.2 Å². The molecule has 0 radical (unpaired) electrons. The Morgan fingerprint density at radius 1 is 0.967 bits per heavy atom. The Labute approximate surface area is 181 Å². The van der Waals surface area contributed by atoms with Crippen LogP contribution in [0.15, 0.2) is 59.8 Å². The molecule has 4 rings (SSSR count). The van der Waals surface area contributed by atoms with E-state index < -0.39 is 0 Å². The summed E-state index contributed by atoms with van der Waals surface area (Å²) in [5, 5.41) is 9.88. The van der Waals surface area contributed by atoms with Crippen molar-refractivity contribution in [1.82, 2.24) is 14.8 Å². The van der Waals surface area contributed by atoms with Crippen molar-refractivity contribution in [2.75, 3.05) is 50.7 Å². The summed E-state index contributed by atoms with van der Waals surface area (Å²) in [6.07, 6.45) is 0.908. The molecule has 2 aromatic carbocycles. The van der Waals surface area contributed by atoms with Gasteiger partial charge in [0.25, 0.3) is 0 Å². The highest BCUT2D eigenvalue weighted by molar-refractivity contribution is 7.99. The minimum Gasteiger partial charge on any atom is -0.497 e. The average molecular weight is 427 g/mol. The molecule has 0 unspecified atom stereocenters. The van der Waals surface area contributed by atoms with E-state index in [1.54, 1.807) is 18.9 Å². The van der Waals surface area contributed by atoms with E-state index in [9.17, 15) is 0 Å². The molecular weight excluding hydrogens is 400 g/mol. The van der Waals surface area contributed by atoms with Gasteiger partial charge in [0.15, 0.2) is 5.16 Å². The van der Waals surface area contributed by atoms with E-state index in [2.05, 4.69) is 31.8 Å². The lowest BCUT2D eigenvalue weighted by Crippen LogP contribution is -2.37. The van der Waals surface area contributed by atoms with Crippen LogP contribution >= 0.6 is 11.8 Å². The lowest BCUT2D eigenvalue weighted by Gasteiger charge is -2.27. The fourth-order valence-electron chi connectivity index (χ4n) is 3.21. The highest BCUT2D eigenvalue weighted by Gasteiger charge is 2.21. The summed E-state index contributed by atoms with van der Waals surface area (Å²) >= 11 is 1.70. The number of aromatic nitrogens is 3. The fraction of sp³-hybridized carbons (Fsp3) is 0.364. The van der Waals surface area contributed by atoms with Gasteiger partial charge in [-0.1, -0.05) is 30.0 Å². The van der Waals surface area contributed by atoms with Gasteiger partial charge >= 0.3 is 0 Å². The molecule has 0 saturated carbocycles. The van der Waals surface area contributed by atoms with Crippen molar-refractivity contribution in [2.45, 2.75) is 11.6 Å². The molecule has 0 spiro atoms. The van der Waals surface area contributed by atoms with Crippen molar-refractivity contribution in [3.05, 3.63) is 54.6 Å². The monoisotopic (exact) mass is 426 g/mol. The first-order chi connectivity index (χ1) is 14.8. The van der Waals surface area contributed by atoms with E-state index in [-0.39, 0.29) is 0 Å². The number of rotatable bonds is 9. The van der Waals surface area contributed by atoms with Gasteiger partial charge in [0.2, 0.25) is 5.95 Å².